The first-order valence-electron chi connectivity index (χ1n) is 12.8. The van der Waals surface area contributed by atoms with Gasteiger partial charge in [0, 0.05) is 25.4 Å². The van der Waals surface area contributed by atoms with E-state index in [-0.39, 0.29) is 13.0 Å². The highest BCUT2D eigenvalue weighted by Crippen LogP contribution is 2.37. The molecule has 0 saturated carbocycles. The quantitative estimate of drug-likeness (QED) is 0.440. The second-order valence-corrected chi connectivity index (χ2v) is 12.1. The van der Waals surface area contributed by atoms with E-state index in [1.165, 1.54) is 12.3 Å². The first-order valence-corrected chi connectivity index (χ1v) is 12.8. The lowest BCUT2D eigenvalue weighted by molar-refractivity contribution is 0.00578. The van der Waals surface area contributed by atoms with Crippen LogP contribution in [-0.4, -0.2) is 65.6 Å². The van der Waals surface area contributed by atoms with E-state index in [0.717, 1.165) is 5.46 Å². The zero-order chi connectivity index (χ0) is 28.1. The molecule has 3 aliphatic rings. The summed E-state index contributed by atoms with van der Waals surface area (Å²) in [6, 6.07) is 6.62. The number of aromatic nitrogens is 2. The molecule has 38 heavy (non-hydrogen) atoms. The van der Waals surface area contributed by atoms with Crippen molar-refractivity contribution in [1.29, 1.82) is 0 Å². The van der Waals surface area contributed by atoms with Gasteiger partial charge in [-0.2, -0.15) is 4.39 Å². The van der Waals surface area contributed by atoms with Crippen LogP contribution in [0, 0.1) is 5.95 Å². The lowest BCUT2D eigenvalue weighted by Crippen LogP contribution is -2.41. The van der Waals surface area contributed by atoms with Crippen LogP contribution in [0.2, 0.25) is 0 Å². The van der Waals surface area contributed by atoms with Gasteiger partial charge < -0.3 is 23.5 Å². The van der Waals surface area contributed by atoms with E-state index in [4.69, 9.17) is 18.6 Å². The van der Waals surface area contributed by atoms with Gasteiger partial charge in [-0.05, 0) is 90.6 Å². The molecular formula is C26H36B2F3N3O4. The van der Waals surface area contributed by atoms with Crippen molar-refractivity contribution >= 4 is 31.0 Å². The van der Waals surface area contributed by atoms with Crippen LogP contribution >= 0.6 is 0 Å². The van der Waals surface area contributed by atoms with Crippen molar-refractivity contribution < 1.29 is 31.8 Å². The van der Waals surface area contributed by atoms with E-state index in [9.17, 15) is 13.2 Å². The van der Waals surface area contributed by atoms with Gasteiger partial charge in [0.1, 0.15) is 5.82 Å². The fraction of sp³-hybridized carbons (Fsp3) is 0.615. The average molecular weight is 533 g/mol. The van der Waals surface area contributed by atoms with E-state index in [1.54, 1.807) is 29.3 Å². The third-order valence-electron chi connectivity index (χ3n) is 8.06. The summed E-state index contributed by atoms with van der Waals surface area (Å²) in [6.45, 7) is 15.8. The van der Waals surface area contributed by atoms with Crippen molar-refractivity contribution in [2.24, 2.45) is 0 Å². The monoisotopic (exact) mass is 533 g/mol. The summed E-state index contributed by atoms with van der Waals surface area (Å²) in [4.78, 5) is 9.32. The van der Waals surface area contributed by atoms with E-state index in [0.29, 0.717) is 17.8 Å². The molecule has 0 unspecified atom stereocenters. The van der Waals surface area contributed by atoms with Crippen LogP contribution in [-0.2, 0) is 18.6 Å². The van der Waals surface area contributed by atoms with Crippen LogP contribution in [0.15, 0.2) is 36.7 Å². The summed E-state index contributed by atoms with van der Waals surface area (Å²) < 4.78 is 63.3. The molecule has 5 rings (SSSR count). The van der Waals surface area contributed by atoms with Crippen molar-refractivity contribution in [1.82, 2.24) is 9.97 Å². The molecule has 7 nitrogen and oxygen atoms in total. The Morgan fingerprint density at radius 1 is 0.737 bits per heavy atom. The Balaban J connectivity index is 0.000000186. The maximum absolute atomic E-state index is 13.4. The minimum atomic E-state index is -2.64. The molecular weight excluding hydrogens is 497 g/mol. The molecule has 2 aromatic rings. The Morgan fingerprint density at radius 3 is 1.61 bits per heavy atom. The molecule has 0 radical (unpaired) electrons. The SMILES string of the molecule is CC1(C)OB(c2ccnc(F)c2)OC1(C)C.CC1(C)OB(c2ccnc(N3CCC(F)(F)C3)c2)OC1(C)C. The summed E-state index contributed by atoms with van der Waals surface area (Å²) >= 11 is 0. The number of alkyl halides is 2. The Kier molecular flexibility index (Phi) is 7.44. The first kappa shape index (κ1) is 28.9. The molecule has 0 amide bonds. The lowest BCUT2D eigenvalue weighted by Gasteiger charge is -2.32. The zero-order valence-corrected chi connectivity index (χ0v) is 23.3. The average Bonchev–Trinajstić information content (AvgIpc) is 3.35. The van der Waals surface area contributed by atoms with Crippen LogP contribution in [0.1, 0.15) is 61.8 Å². The fourth-order valence-corrected chi connectivity index (χ4v) is 4.21. The third-order valence-corrected chi connectivity index (χ3v) is 8.06. The van der Waals surface area contributed by atoms with Crippen LogP contribution < -0.4 is 15.8 Å². The number of pyridine rings is 2. The molecule has 3 aliphatic heterocycles. The highest BCUT2D eigenvalue weighted by Gasteiger charge is 2.53. The summed E-state index contributed by atoms with van der Waals surface area (Å²) in [5.41, 5.74) is -0.205. The number of hydrogen-bond donors (Lipinski definition) is 0. The van der Waals surface area contributed by atoms with Crippen LogP contribution in [0.25, 0.3) is 0 Å². The highest BCUT2D eigenvalue weighted by molar-refractivity contribution is 6.62. The molecule has 0 aromatic carbocycles. The van der Waals surface area contributed by atoms with Gasteiger partial charge in [-0.25, -0.2) is 18.7 Å². The maximum Gasteiger partial charge on any atom is 0.495 e. The lowest BCUT2D eigenvalue weighted by atomic mass is 9.79. The zero-order valence-electron chi connectivity index (χ0n) is 23.3. The van der Waals surface area contributed by atoms with Crippen molar-refractivity contribution in [2.75, 3.05) is 18.0 Å². The number of halogens is 3. The largest absolute Gasteiger partial charge is 0.495 e. The molecule has 0 aliphatic carbocycles. The molecule has 5 heterocycles. The van der Waals surface area contributed by atoms with Gasteiger partial charge in [-0.3, -0.25) is 0 Å². The Labute approximate surface area is 223 Å². The maximum atomic E-state index is 13.4. The number of anilines is 1. The van der Waals surface area contributed by atoms with E-state index >= 15 is 0 Å². The molecule has 0 N–H and O–H groups in total. The van der Waals surface area contributed by atoms with Crippen LogP contribution in [0.5, 0.6) is 0 Å². The summed E-state index contributed by atoms with van der Waals surface area (Å²) in [6.07, 6.45) is 2.90. The number of nitrogens with zero attached hydrogens (tertiary/aromatic N) is 3. The van der Waals surface area contributed by atoms with Gasteiger partial charge in [0.2, 0.25) is 5.95 Å². The van der Waals surface area contributed by atoms with Crippen LogP contribution in [0.4, 0.5) is 19.0 Å². The van der Waals surface area contributed by atoms with Crippen molar-refractivity contribution in [3.8, 4) is 0 Å². The Hall–Kier alpha value is -2.14. The first-order chi connectivity index (χ1) is 17.4. The molecule has 0 bridgehead atoms. The predicted octanol–water partition coefficient (Wildman–Crippen LogP) is 3.75. The second kappa shape index (κ2) is 9.80. The standard InChI is InChI=1S/C15H21BF2N2O2.C11H15BFNO2/c1-13(2)14(3,4)22-16(21-13)11-5-7-19-12(9-11)20-8-6-15(17,18)10-20;1-10(2)11(3,4)16-12(15-10)8-5-6-14-9(13)7-8/h5,7,9H,6,8,10H2,1-4H3;5-7H,1-4H3. The van der Waals surface area contributed by atoms with Gasteiger partial charge in [0.15, 0.2) is 0 Å². The van der Waals surface area contributed by atoms with Gasteiger partial charge in [-0.15, -0.1) is 0 Å². The van der Waals surface area contributed by atoms with E-state index in [2.05, 4.69) is 9.97 Å². The highest BCUT2D eigenvalue weighted by atomic mass is 19.3. The minimum absolute atomic E-state index is 0.130. The number of hydrogen-bond acceptors (Lipinski definition) is 7. The fourth-order valence-electron chi connectivity index (χ4n) is 4.21. The predicted molar refractivity (Wildman–Crippen MR) is 142 cm³/mol. The van der Waals surface area contributed by atoms with Crippen LogP contribution in [0.3, 0.4) is 0 Å². The van der Waals surface area contributed by atoms with Crippen molar-refractivity contribution in [2.45, 2.75) is 90.1 Å². The van der Waals surface area contributed by atoms with Crippen molar-refractivity contribution in [3.05, 3.63) is 42.6 Å². The molecule has 12 heteroatoms. The van der Waals surface area contributed by atoms with Crippen molar-refractivity contribution in [3.63, 3.8) is 0 Å². The smallest absolute Gasteiger partial charge is 0.399 e. The summed E-state index contributed by atoms with van der Waals surface area (Å²) in [5.74, 6) is -2.61. The van der Waals surface area contributed by atoms with E-state index in [1.807, 2.05) is 55.4 Å². The molecule has 206 valence electrons. The topological polar surface area (TPSA) is 65.9 Å². The molecule has 3 fully saturated rings. The van der Waals surface area contributed by atoms with Gasteiger partial charge in [-0.1, -0.05) is 0 Å². The minimum Gasteiger partial charge on any atom is -0.399 e. The third kappa shape index (κ3) is 5.88. The molecule has 0 atom stereocenters. The molecule has 3 saturated heterocycles. The molecule has 2 aromatic heterocycles. The summed E-state index contributed by atoms with van der Waals surface area (Å²) in [7, 11) is -1.03. The normalized spacial score (nSPS) is 24.3. The Bertz CT molecular complexity index is 1130. The summed E-state index contributed by atoms with van der Waals surface area (Å²) in [5, 5.41) is 0. The Morgan fingerprint density at radius 2 is 1.18 bits per heavy atom. The molecule has 0 spiro atoms. The number of rotatable bonds is 3. The van der Waals surface area contributed by atoms with Gasteiger partial charge >= 0.3 is 14.2 Å². The van der Waals surface area contributed by atoms with E-state index < -0.39 is 48.5 Å². The van der Waals surface area contributed by atoms with Gasteiger partial charge in [0.05, 0.1) is 28.9 Å². The second-order valence-electron chi connectivity index (χ2n) is 12.1. The van der Waals surface area contributed by atoms with Gasteiger partial charge in [0.25, 0.3) is 5.92 Å².